The first-order valence-corrected chi connectivity index (χ1v) is 4.80. The van der Waals surface area contributed by atoms with Gasteiger partial charge in [0.2, 0.25) is 0 Å². The molecule has 4 nitrogen and oxygen atoms in total. The number of pyridine rings is 1. The average Bonchev–Trinajstić information content (AvgIpc) is 2.09. The lowest BCUT2D eigenvalue weighted by molar-refractivity contribution is -0.143. The maximum atomic E-state index is 10.9. The molecule has 1 aromatic heterocycles. The first-order valence-electron chi connectivity index (χ1n) is 4.00. The number of hydrogen-bond acceptors (Lipinski definition) is 3. The Morgan fingerprint density at radius 3 is 2.71 bits per heavy atom. The zero-order valence-electron chi connectivity index (χ0n) is 7.91. The summed E-state index contributed by atoms with van der Waals surface area (Å²) in [5.41, 5.74) is 5.61. The predicted octanol–water partition coefficient (Wildman–Crippen LogP) is 1.41. The maximum absolute atomic E-state index is 10.9. The normalized spacial score (nSPS) is 14.9. The Morgan fingerprint density at radius 1 is 1.71 bits per heavy atom. The zero-order chi connectivity index (χ0) is 10.9. The molecule has 1 rings (SSSR count). The van der Waals surface area contributed by atoms with Gasteiger partial charge in [-0.15, -0.1) is 0 Å². The van der Waals surface area contributed by atoms with Crippen molar-refractivity contribution >= 4 is 21.9 Å². The Morgan fingerprint density at radius 2 is 2.29 bits per heavy atom. The fourth-order valence-electron chi connectivity index (χ4n) is 0.966. The number of aliphatic carboxylic acids is 1. The Balaban J connectivity index is 3.21. The number of carboxylic acid groups (broad SMARTS) is 1. The van der Waals surface area contributed by atoms with Crippen molar-refractivity contribution in [1.82, 2.24) is 4.98 Å². The van der Waals surface area contributed by atoms with E-state index in [1.54, 1.807) is 6.07 Å². The summed E-state index contributed by atoms with van der Waals surface area (Å²) in [7, 11) is 0. The van der Waals surface area contributed by atoms with Crippen LogP contribution in [0.15, 0.2) is 16.9 Å². The Kier molecular flexibility index (Phi) is 2.92. The van der Waals surface area contributed by atoms with E-state index in [0.717, 1.165) is 5.56 Å². The molecule has 1 heterocycles. The highest BCUT2D eigenvalue weighted by Crippen LogP contribution is 2.21. The summed E-state index contributed by atoms with van der Waals surface area (Å²) in [6, 6.07) is 1.71. The minimum atomic E-state index is -1.39. The van der Waals surface area contributed by atoms with Crippen molar-refractivity contribution in [3.8, 4) is 0 Å². The molecular formula is C9H11BrN2O2. The Hall–Kier alpha value is -0.940. The topological polar surface area (TPSA) is 76.2 Å². The second-order valence-corrected chi connectivity index (χ2v) is 4.09. The molecule has 1 atom stereocenters. The third-order valence-electron chi connectivity index (χ3n) is 2.06. The van der Waals surface area contributed by atoms with Crippen molar-refractivity contribution in [1.29, 1.82) is 0 Å². The number of halogens is 1. The number of rotatable bonds is 2. The van der Waals surface area contributed by atoms with Gasteiger partial charge in [-0.25, -0.2) is 9.78 Å². The number of aromatic nitrogens is 1. The van der Waals surface area contributed by atoms with Gasteiger partial charge in [0.15, 0.2) is 0 Å². The van der Waals surface area contributed by atoms with Gasteiger partial charge in [0.25, 0.3) is 0 Å². The second-order valence-electron chi connectivity index (χ2n) is 3.34. The second kappa shape index (κ2) is 3.67. The van der Waals surface area contributed by atoms with E-state index in [4.69, 9.17) is 10.8 Å². The molecule has 0 spiro atoms. The largest absolute Gasteiger partial charge is 0.480 e. The number of nitrogens with zero attached hydrogens (tertiary/aromatic N) is 1. The Bertz CT molecular complexity index is 377. The van der Waals surface area contributed by atoms with Crippen molar-refractivity contribution < 1.29 is 9.90 Å². The van der Waals surface area contributed by atoms with Gasteiger partial charge < -0.3 is 10.8 Å². The molecule has 0 aliphatic heterocycles. The van der Waals surface area contributed by atoms with Gasteiger partial charge in [-0.3, -0.25) is 0 Å². The fraction of sp³-hybridized carbons (Fsp3) is 0.333. The lowest BCUT2D eigenvalue weighted by Gasteiger charge is -2.19. The number of nitrogens with two attached hydrogens (primary N) is 1. The molecule has 0 amide bonds. The van der Waals surface area contributed by atoms with Crippen LogP contribution in [0.5, 0.6) is 0 Å². The van der Waals surface area contributed by atoms with Crippen LogP contribution in [-0.4, -0.2) is 16.1 Å². The molecule has 0 aliphatic rings. The highest BCUT2D eigenvalue weighted by molar-refractivity contribution is 9.10. The number of carboxylic acids is 1. The molecule has 0 aromatic carbocycles. The highest BCUT2D eigenvalue weighted by atomic mass is 79.9. The molecule has 5 heteroatoms. The summed E-state index contributed by atoms with van der Waals surface area (Å²) in [4.78, 5) is 14.9. The van der Waals surface area contributed by atoms with Crippen LogP contribution in [0.2, 0.25) is 0 Å². The van der Waals surface area contributed by atoms with Crippen molar-refractivity contribution in [3.05, 3.63) is 28.0 Å². The lowest BCUT2D eigenvalue weighted by Crippen LogP contribution is -2.41. The molecule has 0 aliphatic carbocycles. The first-order chi connectivity index (χ1) is 6.35. The third kappa shape index (κ3) is 1.93. The van der Waals surface area contributed by atoms with E-state index in [1.807, 2.05) is 6.92 Å². The van der Waals surface area contributed by atoms with Crippen molar-refractivity contribution in [2.45, 2.75) is 19.4 Å². The number of hydrogen-bond donors (Lipinski definition) is 2. The van der Waals surface area contributed by atoms with Crippen LogP contribution in [0.25, 0.3) is 0 Å². The van der Waals surface area contributed by atoms with Crippen molar-refractivity contribution in [2.24, 2.45) is 5.73 Å². The summed E-state index contributed by atoms with van der Waals surface area (Å²) in [6.07, 6.45) is 1.46. The van der Waals surface area contributed by atoms with E-state index in [2.05, 4.69) is 20.9 Å². The highest BCUT2D eigenvalue weighted by Gasteiger charge is 2.30. The van der Waals surface area contributed by atoms with Gasteiger partial charge in [0, 0.05) is 11.8 Å². The Labute approximate surface area is 90.3 Å². The van der Waals surface area contributed by atoms with Crippen LogP contribution < -0.4 is 5.73 Å². The summed E-state index contributed by atoms with van der Waals surface area (Å²) >= 11 is 3.23. The molecule has 0 radical (unpaired) electrons. The third-order valence-corrected chi connectivity index (χ3v) is 2.89. The van der Waals surface area contributed by atoms with E-state index in [0.29, 0.717) is 10.2 Å². The summed E-state index contributed by atoms with van der Waals surface area (Å²) in [6.45, 7) is 3.28. The summed E-state index contributed by atoms with van der Waals surface area (Å²) in [5, 5.41) is 8.89. The van der Waals surface area contributed by atoms with Crippen LogP contribution in [0.3, 0.4) is 0 Å². The SMILES string of the molecule is Cc1cc([C@](C)(N)C(=O)O)cnc1Br. The smallest absolute Gasteiger partial charge is 0.328 e. The molecule has 0 fully saturated rings. The standard InChI is InChI=1S/C9H11BrN2O2/c1-5-3-6(4-12-7(5)10)9(2,11)8(13)14/h3-4H,11H2,1-2H3,(H,13,14)/t9-/m0/s1. The number of aryl methyl sites for hydroxylation is 1. The van der Waals surface area contributed by atoms with Gasteiger partial charge in [-0.1, -0.05) is 0 Å². The molecule has 14 heavy (non-hydrogen) atoms. The fourth-order valence-corrected chi connectivity index (χ4v) is 1.18. The molecule has 76 valence electrons. The molecule has 0 unspecified atom stereocenters. The van der Waals surface area contributed by atoms with E-state index < -0.39 is 11.5 Å². The molecule has 3 N–H and O–H groups in total. The molecule has 0 saturated heterocycles. The minimum absolute atomic E-state index is 0.491. The molecule has 0 saturated carbocycles. The van der Waals surface area contributed by atoms with Gasteiger partial charge in [0.05, 0.1) is 0 Å². The summed E-state index contributed by atoms with van der Waals surface area (Å²) in [5.74, 6) is -1.07. The summed E-state index contributed by atoms with van der Waals surface area (Å²) < 4.78 is 0.697. The predicted molar refractivity (Wildman–Crippen MR) is 55.8 cm³/mol. The monoisotopic (exact) mass is 258 g/mol. The molecule has 0 bridgehead atoms. The van der Waals surface area contributed by atoms with Crippen LogP contribution >= 0.6 is 15.9 Å². The zero-order valence-corrected chi connectivity index (χ0v) is 9.50. The van der Waals surface area contributed by atoms with Gasteiger partial charge in [-0.05, 0) is 41.4 Å². The van der Waals surface area contributed by atoms with Crippen molar-refractivity contribution in [3.63, 3.8) is 0 Å². The lowest BCUT2D eigenvalue weighted by atomic mass is 9.94. The van der Waals surface area contributed by atoms with Crippen LogP contribution in [0.1, 0.15) is 18.1 Å². The van der Waals surface area contributed by atoms with Gasteiger partial charge >= 0.3 is 5.97 Å². The van der Waals surface area contributed by atoms with Crippen LogP contribution in [0.4, 0.5) is 0 Å². The first kappa shape index (κ1) is 11.1. The average molecular weight is 259 g/mol. The van der Waals surface area contributed by atoms with E-state index >= 15 is 0 Å². The maximum Gasteiger partial charge on any atom is 0.328 e. The quantitative estimate of drug-likeness (QED) is 0.787. The number of carbonyl (C=O) groups is 1. The minimum Gasteiger partial charge on any atom is -0.480 e. The van der Waals surface area contributed by atoms with Gasteiger partial charge in [0.1, 0.15) is 10.1 Å². The van der Waals surface area contributed by atoms with Gasteiger partial charge in [-0.2, -0.15) is 0 Å². The molecule has 1 aromatic rings. The van der Waals surface area contributed by atoms with E-state index in [-0.39, 0.29) is 0 Å². The van der Waals surface area contributed by atoms with Crippen LogP contribution in [-0.2, 0) is 10.3 Å². The van der Waals surface area contributed by atoms with E-state index in [1.165, 1.54) is 13.1 Å². The van der Waals surface area contributed by atoms with Crippen molar-refractivity contribution in [2.75, 3.05) is 0 Å². The van der Waals surface area contributed by atoms with E-state index in [9.17, 15) is 4.79 Å². The van der Waals surface area contributed by atoms with Crippen LogP contribution in [0, 0.1) is 6.92 Å². The molecular weight excluding hydrogens is 248 g/mol.